The van der Waals surface area contributed by atoms with E-state index in [-0.39, 0.29) is 12.3 Å². The minimum Gasteiger partial charge on any atom is -0.366 e. The number of carbonyl (C=O) groups is 2. The van der Waals surface area contributed by atoms with Crippen LogP contribution in [-0.2, 0) is 19.4 Å². The molecule has 0 radical (unpaired) electrons. The number of nitrogens with two attached hydrogens (primary N) is 1. The van der Waals surface area contributed by atoms with Crippen LogP contribution < -0.4 is 5.73 Å². The molecule has 136 valence electrons. The van der Waals surface area contributed by atoms with Crippen molar-refractivity contribution in [3.8, 4) is 11.4 Å². The number of primary amides is 1. The maximum absolute atomic E-state index is 12.6. The number of aryl methyl sites for hydroxylation is 2. The van der Waals surface area contributed by atoms with Crippen molar-refractivity contribution in [2.24, 2.45) is 5.73 Å². The Morgan fingerprint density at radius 3 is 2.41 bits per heavy atom. The van der Waals surface area contributed by atoms with Crippen molar-refractivity contribution in [3.63, 3.8) is 0 Å². The molecule has 0 bridgehead atoms. The van der Waals surface area contributed by atoms with E-state index in [1.54, 1.807) is 24.3 Å². The number of hydrogen-bond donors (Lipinski definition) is 1. The van der Waals surface area contributed by atoms with Crippen molar-refractivity contribution in [1.29, 1.82) is 0 Å². The van der Waals surface area contributed by atoms with E-state index in [1.165, 1.54) is 28.8 Å². The Morgan fingerprint density at radius 2 is 1.67 bits per heavy atom. The van der Waals surface area contributed by atoms with Gasteiger partial charge in [0.05, 0.1) is 0 Å². The molecular formula is C20H19N5O2. The summed E-state index contributed by atoms with van der Waals surface area (Å²) >= 11 is 0. The standard InChI is InChI=1S/C20H19N5O2/c21-19(27)14-6-8-15(9-7-14)20-22-24-25(23-20)12-18(26)17-10-5-13-3-1-2-4-16(13)11-17/h5-11H,1-4,12H2,(H2,21,27). The smallest absolute Gasteiger partial charge is 0.248 e. The summed E-state index contributed by atoms with van der Waals surface area (Å²) in [5, 5.41) is 12.2. The van der Waals surface area contributed by atoms with Crippen LogP contribution in [0, 0.1) is 0 Å². The van der Waals surface area contributed by atoms with E-state index < -0.39 is 5.91 Å². The molecule has 2 aromatic carbocycles. The zero-order valence-corrected chi connectivity index (χ0v) is 14.8. The number of nitrogens with zero attached hydrogens (tertiary/aromatic N) is 4. The molecule has 1 aromatic heterocycles. The van der Waals surface area contributed by atoms with E-state index >= 15 is 0 Å². The fourth-order valence-corrected chi connectivity index (χ4v) is 3.34. The lowest BCUT2D eigenvalue weighted by atomic mass is 9.90. The van der Waals surface area contributed by atoms with Gasteiger partial charge in [-0.3, -0.25) is 9.59 Å². The maximum Gasteiger partial charge on any atom is 0.248 e. The molecule has 0 unspecified atom stereocenters. The van der Waals surface area contributed by atoms with Crippen molar-refractivity contribution in [2.75, 3.05) is 0 Å². The second kappa shape index (κ2) is 7.11. The number of amides is 1. The average molecular weight is 361 g/mol. The van der Waals surface area contributed by atoms with Crippen molar-refractivity contribution >= 4 is 11.7 Å². The first-order valence-corrected chi connectivity index (χ1v) is 8.93. The summed E-state index contributed by atoms with van der Waals surface area (Å²) in [4.78, 5) is 25.0. The topological polar surface area (TPSA) is 104 Å². The maximum atomic E-state index is 12.6. The first-order chi connectivity index (χ1) is 13.1. The normalized spacial score (nSPS) is 13.2. The third-order valence-electron chi connectivity index (χ3n) is 4.84. The SMILES string of the molecule is NC(=O)c1ccc(-c2nnn(CC(=O)c3ccc4c(c3)CCCC4)n2)cc1. The molecule has 0 spiro atoms. The number of benzene rings is 2. The van der Waals surface area contributed by atoms with Gasteiger partial charge >= 0.3 is 0 Å². The van der Waals surface area contributed by atoms with E-state index in [4.69, 9.17) is 5.73 Å². The van der Waals surface area contributed by atoms with Gasteiger partial charge in [0.25, 0.3) is 0 Å². The molecule has 1 aliphatic carbocycles. The highest BCUT2D eigenvalue weighted by atomic mass is 16.1. The Balaban J connectivity index is 1.49. The van der Waals surface area contributed by atoms with Gasteiger partial charge in [-0.25, -0.2) is 0 Å². The number of tetrazole rings is 1. The average Bonchev–Trinajstić information content (AvgIpc) is 3.16. The van der Waals surface area contributed by atoms with Gasteiger partial charge in [-0.2, -0.15) is 4.80 Å². The predicted molar refractivity (Wildman–Crippen MR) is 99.2 cm³/mol. The second-order valence-electron chi connectivity index (χ2n) is 6.70. The molecule has 7 nitrogen and oxygen atoms in total. The molecule has 4 rings (SSSR count). The van der Waals surface area contributed by atoms with Crippen LogP contribution >= 0.6 is 0 Å². The van der Waals surface area contributed by atoms with E-state index in [1.807, 2.05) is 12.1 Å². The zero-order valence-electron chi connectivity index (χ0n) is 14.8. The lowest BCUT2D eigenvalue weighted by Crippen LogP contribution is -2.14. The Labute approximate surface area is 156 Å². The van der Waals surface area contributed by atoms with Gasteiger partial charge in [-0.1, -0.05) is 24.3 Å². The molecule has 1 heterocycles. The van der Waals surface area contributed by atoms with E-state index in [9.17, 15) is 9.59 Å². The van der Waals surface area contributed by atoms with E-state index in [0.717, 1.165) is 12.8 Å². The van der Waals surface area contributed by atoms with Crippen LogP contribution in [0.1, 0.15) is 44.7 Å². The van der Waals surface area contributed by atoms with Gasteiger partial charge in [0.1, 0.15) is 6.54 Å². The molecule has 27 heavy (non-hydrogen) atoms. The number of ketones is 1. The number of Topliss-reactive ketones (excluding diaryl/α,β-unsaturated/α-hetero) is 1. The van der Waals surface area contributed by atoms with Gasteiger partial charge in [-0.15, -0.1) is 10.2 Å². The summed E-state index contributed by atoms with van der Waals surface area (Å²) in [7, 11) is 0. The number of aromatic nitrogens is 4. The number of carbonyl (C=O) groups excluding carboxylic acids is 2. The molecule has 0 atom stereocenters. The number of hydrogen-bond acceptors (Lipinski definition) is 5. The van der Waals surface area contributed by atoms with Gasteiger partial charge < -0.3 is 5.73 Å². The lowest BCUT2D eigenvalue weighted by molar-refractivity contribution is 0.0959. The van der Waals surface area contributed by atoms with Gasteiger partial charge in [0.2, 0.25) is 11.7 Å². The fourth-order valence-electron chi connectivity index (χ4n) is 3.34. The van der Waals surface area contributed by atoms with Gasteiger partial charge in [-0.05, 0) is 60.2 Å². The summed E-state index contributed by atoms with van der Waals surface area (Å²) in [6.45, 7) is 0.0329. The van der Waals surface area contributed by atoms with Crippen LogP contribution in [0.2, 0.25) is 0 Å². The molecule has 0 saturated carbocycles. The Kier molecular flexibility index (Phi) is 4.50. The van der Waals surface area contributed by atoms with Crippen molar-refractivity contribution in [1.82, 2.24) is 20.2 Å². The monoisotopic (exact) mass is 361 g/mol. The van der Waals surface area contributed by atoms with Crippen LogP contribution in [0.25, 0.3) is 11.4 Å². The van der Waals surface area contributed by atoms with Crippen LogP contribution in [0.3, 0.4) is 0 Å². The zero-order chi connectivity index (χ0) is 18.8. The van der Waals surface area contributed by atoms with Crippen LogP contribution in [0.5, 0.6) is 0 Å². The molecule has 0 saturated heterocycles. The predicted octanol–water partition coefficient (Wildman–Crippen LogP) is 2.20. The first-order valence-electron chi connectivity index (χ1n) is 8.93. The van der Waals surface area contributed by atoms with Crippen LogP contribution in [-0.4, -0.2) is 31.9 Å². The van der Waals surface area contributed by atoms with Gasteiger partial charge in [0, 0.05) is 16.7 Å². The minimum atomic E-state index is -0.492. The molecule has 7 heteroatoms. The van der Waals surface area contributed by atoms with Gasteiger partial charge in [0.15, 0.2) is 5.78 Å². The van der Waals surface area contributed by atoms with Crippen molar-refractivity contribution in [2.45, 2.75) is 32.2 Å². The Morgan fingerprint density at radius 1 is 0.963 bits per heavy atom. The lowest BCUT2D eigenvalue weighted by Gasteiger charge is -2.16. The summed E-state index contributed by atoms with van der Waals surface area (Å²) in [5.41, 5.74) is 9.65. The molecule has 1 amide bonds. The number of rotatable bonds is 5. The van der Waals surface area contributed by atoms with E-state index in [0.29, 0.717) is 22.5 Å². The fraction of sp³-hybridized carbons (Fsp3) is 0.250. The highest BCUT2D eigenvalue weighted by Gasteiger charge is 2.15. The van der Waals surface area contributed by atoms with Crippen LogP contribution in [0.15, 0.2) is 42.5 Å². The quantitative estimate of drug-likeness (QED) is 0.702. The summed E-state index contributed by atoms with van der Waals surface area (Å²) < 4.78 is 0. The highest BCUT2D eigenvalue weighted by Crippen LogP contribution is 2.22. The molecule has 1 aliphatic rings. The Hall–Kier alpha value is -3.35. The van der Waals surface area contributed by atoms with E-state index in [2.05, 4.69) is 21.5 Å². The number of fused-ring (bicyclic) bond motifs is 1. The summed E-state index contributed by atoms with van der Waals surface area (Å²) in [6.07, 6.45) is 4.51. The second-order valence-corrected chi connectivity index (χ2v) is 6.70. The molecule has 0 aliphatic heterocycles. The third-order valence-corrected chi connectivity index (χ3v) is 4.84. The summed E-state index contributed by atoms with van der Waals surface area (Å²) in [5.74, 6) is -0.144. The van der Waals surface area contributed by atoms with Crippen LogP contribution in [0.4, 0.5) is 0 Å². The molecular weight excluding hydrogens is 342 g/mol. The molecule has 3 aromatic rings. The summed E-state index contributed by atoms with van der Waals surface area (Å²) in [6, 6.07) is 12.6. The largest absolute Gasteiger partial charge is 0.366 e. The highest BCUT2D eigenvalue weighted by molar-refractivity contribution is 5.96. The van der Waals surface area contributed by atoms with Crippen molar-refractivity contribution < 1.29 is 9.59 Å². The van der Waals surface area contributed by atoms with Crippen molar-refractivity contribution in [3.05, 3.63) is 64.7 Å². The molecule has 2 N–H and O–H groups in total. The first kappa shape index (κ1) is 17.1. The molecule has 0 fully saturated rings. The third kappa shape index (κ3) is 3.62. The minimum absolute atomic E-state index is 0.0329. The Bertz CT molecular complexity index is 1010.